The van der Waals surface area contributed by atoms with Gasteiger partial charge in [0.1, 0.15) is 11.8 Å². The molecule has 0 aliphatic carbocycles. The van der Waals surface area contributed by atoms with Crippen LogP contribution in [0, 0.1) is 18.3 Å². The molecule has 1 N–H and O–H groups in total. The molecular weight excluding hydrogens is 190 g/mol. The first-order valence-electron chi connectivity index (χ1n) is 4.76. The van der Waals surface area contributed by atoms with Gasteiger partial charge in [0.15, 0.2) is 5.69 Å². The third-order valence-corrected chi connectivity index (χ3v) is 2.25. The van der Waals surface area contributed by atoms with E-state index in [0.29, 0.717) is 5.69 Å². The van der Waals surface area contributed by atoms with Crippen LogP contribution in [-0.4, -0.2) is 20.0 Å². The molecule has 0 bridgehead atoms. The fourth-order valence-electron chi connectivity index (χ4n) is 1.53. The summed E-state index contributed by atoms with van der Waals surface area (Å²) in [5.41, 5.74) is 3.27. The van der Waals surface area contributed by atoms with Crippen molar-refractivity contribution in [3.63, 3.8) is 0 Å². The molecule has 2 heterocycles. The maximum absolute atomic E-state index is 8.69. The number of rotatable bonds is 2. The average molecular weight is 201 g/mol. The average Bonchev–Trinajstić information content (AvgIpc) is 2.83. The zero-order valence-electron chi connectivity index (χ0n) is 8.65. The Morgan fingerprint density at radius 1 is 1.60 bits per heavy atom. The lowest BCUT2D eigenvalue weighted by Crippen LogP contribution is -1.99. The molecular formula is C10H11N5. The van der Waals surface area contributed by atoms with Crippen molar-refractivity contribution in [3.05, 3.63) is 29.3 Å². The van der Waals surface area contributed by atoms with Gasteiger partial charge in [-0.05, 0) is 19.4 Å². The quantitative estimate of drug-likeness (QED) is 0.797. The van der Waals surface area contributed by atoms with Gasteiger partial charge in [-0.1, -0.05) is 6.92 Å². The summed E-state index contributed by atoms with van der Waals surface area (Å²) in [6.45, 7) is 3.98. The van der Waals surface area contributed by atoms with Gasteiger partial charge in [-0.25, -0.2) is 4.68 Å². The number of nitrogens with zero attached hydrogens (tertiary/aromatic N) is 4. The first-order valence-corrected chi connectivity index (χ1v) is 4.76. The minimum atomic E-state index is 0.414. The van der Waals surface area contributed by atoms with Gasteiger partial charge < -0.3 is 0 Å². The van der Waals surface area contributed by atoms with Crippen molar-refractivity contribution >= 4 is 0 Å². The Morgan fingerprint density at radius 3 is 3.00 bits per heavy atom. The van der Waals surface area contributed by atoms with Crippen molar-refractivity contribution in [1.29, 1.82) is 5.26 Å². The van der Waals surface area contributed by atoms with E-state index in [1.807, 2.05) is 19.9 Å². The van der Waals surface area contributed by atoms with Crippen LogP contribution in [0.5, 0.6) is 0 Å². The molecule has 0 fully saturated rings. The molecule has 0 amide bonds. The first kappa shape index (κ1) is 9.46. The lowest BCUT2D eigenvalue weighted by molar-refractivity contribution is 0.849. The van der Waals surface area contributed by atoms with Crippen LogP contribution in [0.25, 0.3) is 5.69 Å². The standard InChI is InChI=1S/C10H11N5/c1-3-9-10(7(2)12-13-9)15-5-4-8(6-11)14-15/h4-5H,3H2,1-2H3,(H,12,13). The van der Waals surface area contributed by atoms with E-state index in [0.717, 1.165) is 23.5 Å². The second-order valence-electron chi connectivity index (χ2n) is 3.25. The molecule has 76 valence electrons. The van der Waals surface area contributed by atoms with Crippen LogP contribution in [0.15, 0.2) is 12.3 Å². The maximum Gasteiger partial charge on any atom is 0.162 e. The SMILES string of the molecule is CCc1n[nH]c(C)c1-n1ccc(C#N)n1. The smallest absolute Gasteiger partial charge is 0.162 e. The second kappa shape index (κ2) is 3.58. The van der Waals surface area contributed by atoms with Crippen LogP contribution in [0.4, 0.5) is 0 Å². The van der Waals surface area contributed by atoms with E-state index in [1.165, 1.54) is 0 Å². The van der Waals surface area contributed by atoms with Crippen molar-refractivity contribution in [1.82, 2.24) is 20.0 Å². The predicted octanol–water partition coefficient (Wildman–Crippen LogP) is 1.34. The number of H-pyrrole nitrogens is 1. The third kappa shape index (κ3) is 1.50. The van der Waals surface area contributed by atoms with E-state index < -0.39 is 0 Å². The van der Waals surface area contributed by atoms with Crippen LogP contribution < -0.4 is 0 Å². The van der Waals surface area contributed by atoms with Crippen molar-refractivity contribution in [2.24, 2.45) is 0 Å². The minimum Gasteiger partial charge on any atom is -0.280 e. The van der Waals surface area contributed by atoms with Gasteiger partial charge in [0.2, 0.25) is 0 Å². The summed E-state index contributed by atoms with van der Waals surface area (Å²) >= 11 is 0. The van der Waals surface area contributed by atoms with Gasteiger partial charge in [0.25, 0.3) is 0 Å². The Labute approximate surface area is 87.3 Å². The Kier molecular flexibility index (Phi) is 2.26. The predicted molar refractivity (Wildman–Crippen MR) is 54.5 cm³/mol. The molecule has 5 nitrogen and oxygen atoms in total. The number of nitriles is 1. The van der Waals surface area contributed by atoms with E-state index in [9.17, 15) is 0 Å². The Hall–Kier alpha value is -2.09. The van der Waals surface area contributed by atoms with Crippen LogP contribution in [0.1, 0.15) is 24.0 Å². The second-order valence-corrected chi connectivity index (χ2v) is 3.25. The normalized spacial score (nSPS) is 10.2. The van der Waals surface area contributed by atoms with Gasteiger partial charge in [0, 0.05) is 6.20 Å². The highest BCUT2D eigenvalue weighted by molar-refractivity contribution is 5.40. The van der Waals surface area contributed by atoms with Gasteiger partial charge >= 0.3 is 0 Å². The fourth-order valence-corrected chi connectivity index (χ4v) is 1.53. The summed E-state index contributed by atoms with van der Waals surface area (Å²) < 4.78 is 1.69. The molecule has 0 saturated carbocycles. The molecule has 2 aromatic heterocycles. The number of aryl methyl sites for hydroxylation is 2. The summed E-state index contributed by atoms with van der Waals surface area (Å²) in [4.78, 5) is 0. The van der Waals surface area contributed by atoms with E-state index >= 15 is 0 Å². The van der Waals surface area contributed by atoms with Gasteiger partial charge in [-0.3, -0.25) is 5.10 Å². The first-order chi connectivity index (χ1) is 7.26. The largest absolute Gasteiger partial charge is 0.280 e. The highest BCUT2D eigenvalue weighted by atomic mass is 15.3. The molecule has 15 heavy (non-hydrogen) atoms. The monoisotopic (exact) mass is 201 g/mol. The number of aromatic nitrogens is 4. The molecule has 0 aliphatic heterocycles. The highest BCUT2D eigenvalue weighted by Crippen LogP contribution is 2.16. The fraction of sp³-hybridized carbons (Fsp3) is 0.300. The van der Waals surface area contributed by atoms with Crippen molar-refractivity contribution in [2.75, 3.05) is 0 Å². The molecule has 0 aliphatic rings. The molecule has 0 atom stereocenters. The van der Waals surface area contributed by atoms with Crippen LogP contribution in [0.2, 0.25) is 0 Å². The van der Waals surface area contributed by atoms with E-state index in [-0.39, 0.29) is 0 Å². The molecule has 0 aromatic carbocycles. The maximum atomic E-state index is 8.69. The summed E-state index contributed by atoms with van der Waals surface area (Å²) in [7, 11) is 0. The third-order valence-electron chi connectivity index (χ3n) is 2.25. The number of hydrogen-bond acceptors (Lipinski definition) is 3. The molecule has 0 spiro atoms. The van der Waals surface area contributed by atoms with Gasteiger partial charge in [0.05, 0.1) is 11.4 Å². The molecule has 2 rings (SSSR count). The lowest BCUT2D eigenvalue weighted by atomic mass is 10.2. The van der Waals surface area contributed by atoms with Crippen molar-refractivity contribution < 1.29 is 0 Å². The van der Waals surface area contributed by atoms with Crippen LogP contribution in [0.3, 0.4) is 0 Å². The Bertz CT molecular complexity index is 514. The van der Waals surface area contributed by atoms with Crippen molar-refractivity contribution in [3.8, 4) is 11.8 Å². The molecule has 5 heteroatoms. The van der Waals surface area contributed by atoms with Crippen molar-refractivity contribution in [2.45, 2.75) is 20.3 Å². The summed E-state index contributed by atoms with van der Waals surface area (Å²) in [5.74, 6) is 0. The summed E-state index contributed by atoms with van der Waals surface area (Å²) in [6.07, 6.45) is 2.61. The number of nitrogens with one attached hydrogen (secondary N) is 1. The number of hydrogen-bond donors (Lipinski definition) is 1. The Morgan fingerprint density at radius 2 is 2.40 bits per heavy atom. The summed E-state index contributed by atoms with van der Waals surface area (Å²) in [6, 6.07) is 3.69. The topological polar surface area (TPSA) is 70.3 Å². The van der Waals surface area contributed by atoms with E-state index in [2.05, 4.69) is 15.3 Å². The van der Waals surface area contributed by atoms with Gasteiger partial charge in [-0.2, -0.15) is 15.5 Å². The molecule has 0 unspecified atom stereocenters. The molecule has 2 aromatic rings. The Balaban J connectivity index is 2.53. The highest BCUT2D eigenvalue weighted by Gasteiger charge is 2.11. The van der Waals surface area contributed by atoms with E-state index in [1.54, 1.807) is 16.9 Å². The molecule has 0 radical (unpaired) electrons. The zero-order chi connectivity index (χ0) is 10.8. The summed E-state index contributed by atoms with van der Waals surface area (Å²) in [5, 5.41) is 19.9. The lowest BCUT2D eigenvalue weighted by Gasteiger charge is -2.00. The van der Waals surface area contributed by atoms with Crippen LogP contribution in [-0.2, 0) is 6.42 Å². The molecule has 0 saturated heterocycles. The minimum absolute atomic E-state index is 0.414. The zero-order valence-corrected chi connectivity index (χ0v) is 8.65. The van der Waals surface area contributed by atoms with Crippen LogP contribution >= 0.6 is 0 Å². The van der Waals surface area contributed by atoms with Gasteiger partial charge in [-0.15, -0.1) is 0 Å². The van der Waals surface area contributed by atoms with E-state index in [4.69, 9.17) is 5.26 Å². The number of aromatic amines is 1.